The largest absolute Gasteiger partial charge is 0.353 e. The lowest BCUT2D eigenvalue weighted by molar-refractivity contribution is 0.145. The molecule has 0 N–H and O–H groups in total. The number of alkyl halides is 2. The summed E-state index contributed by atoms with van der Waals surface area (Å²) in [5.41, 5.74) is 1.68. The van der Waals surface area contributed by atoms with Gasteiger partial charge in [-0.15, -0.1) is 0 Å². The predicted octanol–water partition coefficient (Wildman–Crippen LogP) is 2.40. The van der Waals surface area contributed by atoms with E-state index in [0.717, 1.165) is 30.1 Å². The summed E-state index contributed by atoms with van der Waals surface area (Å²) in [7, 11) is 0. The van der Waals surface area contributed by atoms with Gasteiger partial charge in [-0.1, -0.05) is 0 Å². The second kappa shape index (κ2) is 6.47. The quantitative estimate of drug-likeness (QED) is 0.716. The molecule has 0 bridgehead atoms. The Balaban J connectivity index is 1.54. The van der Waals surface area contributed by atoms with E-state index in [1.54, 1.807) is 13.1 Å². The molecule has 0 saturated carbocycles. The summed E-state index contributed by atoms with van der Waals surface area (Å²) in [5, 5.41) is 4.42. The fraction of sp³-hybridized carbons (Fsp3) is 0.412. The van der Waals surface area contributed by atoms with E-state index in [9.17, 15) is 8.78 Å². The van der Waals surface area contributed by atoms with Gasteiger partial charge in [-0.2, -0.15) is 5.10 Å². The normalized spacial score (nSPS) is 15.3. The molecule has 26 heavy (non-hydrogen) atoms. The first-order valence-corrected chi connectivity index (χ1v) is 8.46. The SMILES string of the molecule is Cc1cc2c(N3CCN(c4cc(C(F)F)nc(C)n4)CC3)nccn2n1. The number of aromatic nitrogens is 5. The van der Waals surface area contributed by atoms with Gasteiger partial charge in [-0.3, -0.25) is 0 Å². The zero-order valence-electron chi connectivity index (χ0n) is 14.6. The molecule has 0 amide bonds. The number of halogens is 2. The number of hydrogen-bond donors (Lipinski definition) is 0. The Morgan fingerprint density at radius 1 is 1.00 bits per heavy atom. The minimum Gasteiger partial charge on any atom is -0.353 e. The van der Waals surface area contributed by atoms with E-state index in [1.165, 1.54) is 6.07 Å². The van der Waals surface area contributed by atoms with Crippen LogP contribution in [-0.2, 0) is 0 Å². The van der Waals surface area contributed by atoms with Gasteiger partial charge in [0.05, 0.1) is 5.69 Å². The topological polar surface area (TPSA) is 62.5 Å². The van der Waals surface area contributed by atoms with E-state index in [-0.39, 0.29) is 5.69 Å². The minimum atomic E-state index is -2.59. The Hall–Kier alpha value is -2.84. The van der Waals surface area contributed by atoms with Crippen LogP contribution in [0.15, 0.2) is 24.5 Å². The Morgan fingerprint density at radius 2 is 1.73 bits per heavy atom. The molecule has 3 aromatic rings. The van der Waals surface area contributed by atoms with Gasteiger partial charge in [0.15, 0.2) is 5.82 Å². The Labute approximate surface area is 149 Å². The van der Waals surface area contributed by atoms with Gasteiger partial charge in [0.1, 0.15) is 22.9 Å². The zero-order chi connectivity index (χ0) is 18.3. The highest BCUT2D eigenvalue weighted by Crippen LogP contribution is 2.24. The monoisotopic (exact) mass is 359 g/mol. The smallest absolute Gasteiger partial charge is 0.280 e. The Kier molecular flexibility index (Phi) is 4.14. The molecule has 0 radical (unpaired) electrons. The van der Waals surface area contributed by atoms with Gasteiger partial charge in [0.2, 0.25) is 0 Å². The Bertz CT molecular complexity index is 932. The molecule has 1 aliphatic rings. The molecular formula is C17H19F2N7. The van der Waals surface area contributed by atoms with Crippen LogP contribution in [0.4, 0.5) is 20.4 Å². The first kappa shape index (κ1) is 16.6. The van der Waals surface area contributed by atoms with Crippen molar-refractivity contribution < 1.29 is 8.78 Å². The second-order valence-electron chi connectivity index (χ2n) is 6.34. The standard InChI is InChI=1S/C17H19F2N7/c1-11-9-14-17(20-3-4-26(14)23-11)25-7-5-24(6-8-25)15-10-13(16(18)19)21-12(2)22-15/h3-4,9-10,16H,5-8H2,1-2H3. The molecule has 1 fully saturated rings. The highest BCUT2D eigenvalue weighted by atomic mass is 19.3. The van der Waals surface area contributed by atoms with Gasteiger partial charge in [0.25, 0.3) is 6.43 Å². The van der Waals surface area contributed by atoms with Crippen molar-refractivity contribution in [2.75, 3.05) is 36.0 Å². The summed E-state index contributed by atoms with van der Waals surface area (Å²) < 4.78 is 27.8. The van der Waals surface area contributed by atoms with Crippen LogP contribution in [-0.4, -0.2) is 50.7 Å². The van der Waals surface area contributed by atoms with Gasteiger partial charge in [0, 0.05) is 44.6 Å². The second-order valence-corrected chi connectivity index (χ2v) is 6.34. The number of anilines is 2. The van der Waals surface area contributed by atoms with Crippen molar-refractivity contribution >= 4 is 17.2 Å². The van der Waals surface area contributed by atoms with Crippen molar-refractivity contribution in [2.45, 2.75) is 20.3 Å². The fourth-order valence-electron chi connectivity index (χ4n) is 3.27. The molecule has 1 aliphatic heterocycles. The van der Waals surface area contributed by atoms with E-state index in [1.807, 2.05) is 28.6 Å². The molecule has 0 aliphatic carbocycles. The molecule has 4 heterocycles. The molecule has 1 saturated heterocycles. The molecular weight excluding hydrogens is 340 g/mol. The maximum absolute atomic E-state index is 13.0. The lowest BCUT2D eigenvalue weighted by atomic mass is 10.2. The first-order chi connectivity index (χ1) is 12.5. The molecule has 4 rings (SSSR count). The van der Waals surface area contributed by atoms with Crippen molar-refractivity contribution in [1.29, 1.82) is 0 Å². The third-order valence-electron chi connectivity index (χ3n) is 4.46. The van der Waals surface area contributed by atoms with E-state index in [2.05, 4.69) is 25.0 Å². The predicted molar refractivity (Wildman–Crippen MR) is 93.9 cm³/mol. The Morgan fingerprint density at radius 3 is 2.46 bits per heavy atom. The average Bonchev–Trinajstić information content (AvgIpc) is 3.01. The average molecular weight is 359 g/mol. The number of hydrogen-bond acceptors (Lipinski definition) is 6. The molecule has 136 valence electrons. The van der Waals surface area contributed by atoms with Crippen molar-refractivity contribution in [2.24, 2.45) is 0 Å². The lowest BCUT2D eigenvalue weighted by Gasteiger charge is -2.36. The summed E-state index contributed by atoms with van der Waals surface area (Å²) in [6.45, 7) is 6.39. The number of piperazine rings is 1. The van der Waals surface area contributed by atoms with Gasteiger partial charge in [-0.05, 0) is 19.9 Å². The van der Waals surface area contributed by atoms with Gasteiger partial charge >= 0.3 is 0 Å². The van der Waals surface area contributed by atoms with Crippen molar-refractivity contribution in [3.8, 4) is 0 Å². The molecule has 3 aromatic heterocycles. The molecule has 0 atom stereocenters. The molecule has 0 spiro atoms. The van der Waals surface area contributed by atoms with E-state index < -0.39 is 6.43 Å². The molecule has 0 aromatic carbocycles. The molecule has 0 unspecified atom stereocenters. The summed E-state index contributed by atoms with van der Waals surface area (Å²) in [5.74, 6) is 1.81. The van der Waals surface area contributed by atoms with E-state index in [0.29, 0.717) is 24.7 Å². The highest BCUT2D eigenvalue weighted by Gasteiger charge is 2.23. The fourth-order valence-corrected chi connectivity index (χ4v) is 3.27. The third kappa shape index (κ3) is 3.04. The van der Waals surface area contributed by atoms with Crippen LogP contribution < -0.4 is 9.80 Å². The van der Waals surface area contributed by atoms with Crippen LogP contribution in [0, 0.1) is 13.8 Å². The van der Waals surface area contributed by atoms with Crippen LogP contribution in [0.25, 0.3) is 5.52 Å². The van der Waals surface area contributed by atoms with Crippen LogP contribution >= 0.6 is 0 Å². The van der Waals surface area contributed by atoms with Gasteiger partial charge in [-0.25, -0.2) is 28.2 Å². The molecule has 7 nitrogen and oxygen atoms in total. The van der Waals surface area contributed by atoms with Crippen LogP contribution in [0.2, 0.25) is 0 Å². The van der Waals surface area contributed by atoms with Crippen molar-refractivity contribution in [3.63, 3.8) is 0 Å². The maximum atomic E-state index is 13.0. The van der Waals surface area contributed by atoms with E-state index >= 15 is 0 Å². The number of nitrogens with zero attached hydrogens (tertiary/aromatic N) is 7. The van der Waals surface area contributed by atoms with Crippen LogP contribution in [0.1, 0.15) is 23.6 Å². The number of aryl methyl sites for hydroxylation is 2. The highest BCUT2D eigenvalue weighted by molar-refractivity contribution is 5.69. The zero-order valence-corrected chi connectivity index (χ0v) is 14.6. The third-order valence-corrected chi connectivity index (χ3v) is 4.46. The van der Waals surface area contributed by atoms with Gasteiger partial charge < -0.3 is 9.80 Å². The van der Waals surface area contributed by atoms with E-state index in [4.69, 9.17) is 0 Å². The number of fused-ring (bicyclic) bond motifs is 1. The molecule has 9 heteroatoms. The van der Waals surface area contributed by atoms with Crippen molar-refractivity contribution in [1.82, 2.24) is 24.6 Å². The van der Waals surface area contributed by atoms with Crippen LogP contribution in [0.5, 0.6) is 0 Å². The number of rotatable bonds is 3. The van der Waals surface area contributed by atoms with Crippen LogP contribution in [0.3, 0.4) is 0 Å². The maximum Gasteiger partial charge on any atom is 0.280 e. The summed E-state index contributed by atoms with van der Waals surface area (Å²) in [6.07, 6.45) is 0.977. The lowest BCUT2D eigenvalue weighted by Crippen LogP contribution is -2.47. The van der Waals surface area contributed by atoms with Crippen molar-refractivity contribution in [3.05, 3.63) is 41.7 Å². The summed E-state index contributed by atoms with van der Waals surface area (Å²) in [4.78, 5) is 16.9. The minimum absolute atomic E-state index is 0.226. The first-order valence-electron chi connectivity index (χ1n) is 8.46. The summed E-state index contributed by atoms with van der Waals surface area (Å²) in [6, 6.07) is 3.39. The summed E-state index contributed by atoms with van der Waals surface area (Å²) >= 11 is 0.